The Labute approximate surface area is 92.1 Å². The van der Waals surface area contributed by atoms with Crippen LogP contribution in [0.15, 0.2) is 18.2 Å². The maximum absolute atomic E-state index is 9.77. The van der Waals surface area contributed by atoms with Crippen LogP contribution in [0, 0.1) is 19.8 Å². The second-order valence-electron chi connectivity index (χ2n) is 4.97. The van der Waals surface area contributed by atoms with Crippen LogP contribution in [-0.4, -0.2) is 11.2 Å². The van der Waals surface area contributed by atoms with E-state index in [0.717, 1.165) is 12.8 Å². The lowest BCUT2D eigenvalue weighted by atomic mass is 9.86. The molecule has 82 valence electrons. The van der Waals surface area contributed by atoms with E-state index in [2.05, 4.69) is 39.0 Å². The van der Waals surface area contributed by atoms with Gasteiger partial charge in [-0.25, -0.2) is 0 Å². The van der Waals surface area contributed by atoms with Crippen molar-refractivity contribution in [3.05, 3.63) is 34.9 Å². The Hall–Kier alpha value is -0.820. The predicted molar refractivity (Wildman–Crippen MR) is 63.1 cm³/mol. The minimum absolute atomic E-state index is 0.101. The molecule has 1 aromatic rings. The van der Waals surface area contributed by atoms with E-state index in [4.69, 9.17) is 0 Å². The monoisotopic (exact) mass is 204 g/mol. The number of aliphatic hydroxyl groups is 1. The standard InChI is InChI=1S/C14H20O/c1-9-4-5-12(10(2)8-9)13-6-7-14(15)11(13)3/h4-5,8,11,13-15H,6-7H2,1-3H3. The van der Waals surface area contributed by atoms with Crippen LogP contribution in [0.2, 0.25) is 0 Å². The lowest BCUT2D eigenvalue weighted by molar-refractivity contribution is 0.136. The van der Waals surface area contributed by atoms with Crippen molar-refractivity contribution in [1.82, 2.24) is 0 Å². The predicted octanol–water partition coefficient (Wildman–Crippen LogP) is 3.18. The molecule has 1 N–H and O–H groups in total. The molecule has 0 aromatic heterocycles. The molecule has 2 rings (SSSR count). The van der Waals surface area contributed by atoms with E-state index in [1.165, 1.54) is 16.7 Å². The van der Waals surface area contributed by atoms with Gasteiger partial charge in [-0.3, -0.25) is 0 Å². The van der Waals surface area contributed by atoms with E-state index >= 15 is 0 Å². The fourth-order valence-electron chi connectivity index (χ4n) is 2.82. The summed E-state index contributed by atoms with van der Waals surface area (Å²) in [4.78, 5) is 0. The fraction of sp³-hybridized carbons (Fsp3) is 0.571. The van der Waals surface area contributed by atoms with Crippen molar-refractivity contribution in [1.29, 1.82) is 0 Å². The maximum Gasteiger partial charge on any atom is 0.0571 e. The van der Waals surface area contributed by atoms with E-state index in [-0.39, 0.29) is 6.10 Å². The van der Waals surface area contributed by atoms with Crippen LogP contribution < -0.4 is 0 Å². The third-order valence-electron chi connectivity index (χ3n) is 3.84. The van der Waals surface area contributed by atoms with Crippen LogP contribution in [0.5, 0.6) is 0 Å². The number of rotatable bonds is 1. The van der Waals surface area contributed by atoms with Gasteiger partial charge in [-0.1, -0.05) is 30.7 Å². The summed E-state index contributed by atoms with van der Waals surface area (Å²) in [5, 5.41) is 9.77. The zero-order valence-electron chi connectivity index (χ0n) is 9.83. The van der Waals surface area contributed by atoms with E-state index in [1.807, 2.05) is 0 Å². The van der Waals surface area contributed by atoms with Crippen LogP contribution in [0.4, 0.5) is 0 Å². The average molecular weight is 204 g/mol. The number of benzene rings is 1. The second-order valence-corrected chi connectivity index (χ2v) is 4.97. The number of aryl methyl sites for hydroxylation is 2. The molecule has 0 saturated heterocycles. The summed E-state index contributed by atoms with van der Waals surface area (Å²) in [7, 11) is 0. The molecule has 1 saturated carbocycles. The van der Waals surface area contributed by atoms with E-state index in [9.17, 15) is 5.11 Å². The van der Waals surface area contributed by atoms with Crippen molar-refractivity contribution in [2.75, 3.05) is 0 Å². The highest BCUT2D eigenvalue weighted by atomic mass is 16.3. The summed E-state index contributed by atoms with van der Waals surface area (Å²) in [6.07, 6.45) is 1.99. The summed E-state index contributed by atoms with van der Waals surface area (Å²) in [6.45, 7) is 6.48. The third-order valence-corrected chi connectivity index (χ3v) is 3.84. The van der Waals surface area contributed by atoms with Crippen molar-refractivity contribution in [2.45, 2.75) is 45.6 Å². The first kappa shape index (κ1) is 10.7. The minimum Gasteiger partial charge on any atom is -0.393 e. The Morgan fingerprint density at radius 3 is 2.47 bits per heavy atom. The van der Waals surface area contributed by atoms with Gasteiger partial charge in [0.25, 0.3) is 0 Å². The molecular weight excluding hydrogens is 184 g/mol. The molecule has 0 bridgehead atoms. The summed E-state index contributed by atoms with van der Waals surface area (Å²) in [6, 6.07) is 6.66. The molecule has 1 nitrogen and oxygen atoms in total. The van der Waals surface area contributed by atoms with Gasteiger partial charge in [0, 0.05) is 0 Å². The minimum atomic E-state index is -0.101. The van der Waals surface area contributed by atoms with Crippen LogP contribution >= 0.6 is 0 Å². The van der Waals surface area contributed by atoms with Crippen LogP contribution in [0.25, 0.3) is 0 Å². The highest BCUT2D eigenvalue weighted by Gasteiger charge is 2.32. The number of aliphatic hydroxyl groups excluding tert-OH is 1. The molecular formula is C14H20O. The molecule has 15 heavy (non-hydrogen) atoms. The first-order chi connectivity index (χ1) is 7.09. The third kappa shape index (κ3) is 1.93. The van der Waals surface area contributed by atoms with E-state index in [0.29, 0.717) is 11.8 Å². The molecule has 3 unspecified atom stereocenters. The Kier molecular flexibility index (Phi) is 2.83. The number of hydrogen-bond acceptors (Lipinski definition) is 1. The van der Waals surface area contributed by atoms with Crippen LogP contribution in [0.3, 0.4) is 0 Å². The zero-order chi connectivity index (χ0) is 11.0. The van der Waals surface area contributed by atoms with Crippen LogP contribution in [-0.2, 0) is 0 Å². The van der Waals surface area contributed by atoms with Crippen molar-refractivity contribution in [3.8, 4) is 0 Å². The first-order valence-corrected chi connectivity index (χ1v) is 5.85. The number of hydrogen-bond donors (Lipinski definition) is 1. The van der Waals surface area contributed by atoms with Crippen molar-refractivity contribution >= 4 is 0 Å². The molecule has 1 aliphatic carbocycles. The Balaban J connectivity index is 2.30. The molecule has 0 aliphatic heterocycles. The highest BCUT2D eigenvalue weighted by Crippen LogP contribution is 2.40. The van der Waals surface area contributed by atoms with Gasteiger partial charge >= 0.3 is 0 Å². The molecule has 0 heterocycles. The summed E-state index contributed by atoms with van der Waals surface area (Å²) in [5.41, 5.74) is 4.13. The molecule has 0 radical (unpaired) electrons. The SMILES string of the molecule is Cc1ccc(C2CCC(O)C2C)c(C)c1. The van der Waals surface area contributed by atoms with E-state index in [1.54, 1.807) is 0 Å². The van der Waals surface area contributed by atoms with Crippen molar-refractivity contribution in [3.63, 3.8) is 0 Å². The molecule has 1 heteroatoms. The Morgan fingerprint density at radius 1 is 1.20 bits per heavy atom. The highest BCUT2D eigenvalue weighted by molar-refractivity contribution is 5.34. The Bertz CT molecular complexity index is 356. The normalized spacial score (nSPS) is 30.8. The van der Waals surface area contributed by atoms with Gasteiger partial charge in [0.05, 0.1) is 6.10 Å². The summed E-state index contributed by atoms with van der Waals surface area (Å²) >= 11 is 0. The fourth-order valence-corrected chi connectivity index (χ4v) is 2.82. The van der Waals surface area contributed by atoms with Gasteiger partial charge in [-0.15, -0.1) is 0 Å². The maximum atomic E-state index is 9.77. The summed E-state index contributed by atoms with van der Waals surface area (Å²) in [5.74, 6) is 0.965. The largest absolute Gasteiger partial charge is 0.393 e. The lowest BCUT2D eigenvalue weighted by Gasteiger charge is -2.20. The quantitative estimate of drug-likeness (QED) is 0.745. The topological polar surface area (TPSA) is 20.2 Å². The van der Waals surface area contributed by atoms with Crippen molar-refractivity contribution in [2.24, 2.45) is 5.92 Å². The molecule has 1 fully saturated rings. The molecule has 1 aliphatic rings. The molecule has 0 amide bonds. The molecule has 3 atom stereocenters. The van der Waals surface area contributed by atoms with Gasteiger partial charge in [-0.05, 0) is 49.7 Å². The molecule has 1 aromatic carbocycles. The average Bonchev–Trinajstić information content (AvgIpc) is 2.49. The first-order valence-electron chi connectivity index (χ1n) is 5.85. The van der Waals surface area contributed by atoms with Gasteiger partial charge in [0.15, 0.2) is 0 Å². The van der Waals surface area contributed by atoms with E-state index < -0.39 is 0 Å². The zero-order valence-corrected chi connectivity index (χ0v) is 9.83. The smallest absolute Gasteiger partial charge is 0.0571 e. The Morgan fingerprint density at radius 2 is 1.93 bits per heavy atom. The second kappa shape index (κ2) is 3.97. The van der Waals surface area contributed by atoms with Crippen molar-refractivity contribution < 1.29 is 5.11 Å². The van der Waals surface area contributed by atoms with Gasteiger partial charge < -0.3 is 5.11 Å². The van der Waals surface area contributed by atoms with Crippen LogP contribution in [0.1, 0.15) is 42.4 Å². The van der Waals surface area contributed by atoms with Gasteiger partial charge in [0.2, 0.25) is 0 Å². The van der Waals surface area contributed by atoms with Gasteiger partial charge in [0.1, 0.15) is 0 Å². The van der Waals surface area contributed by atoms with Gasteiger partial charge in [-0.2, -0.15) is 0 Å². The lowest BCUT2D eigenvalue weighted by Crippen LogP contribution is -2.14. The summed E-state index contributed by atoms with van der Waals surface area (Å²) < 4.78 is 0. The molecule has 0 spiro atoms.